The van der Waals surface area contributed by atoms with Gasteiger partial charge in [-0.15, -0.1) is 0 Å². The average molecular weight is 376 g/mol. The molecule has 2 aromatic rings. The van der Waals surface area contributed by atoms with Crippen molar-refractivity contribution in [2.24, 2.45) is 0 Å². The van der Waals surface area contributed by atoms with E-state index in [1.165, 1.54) is 19.2 Å². The van der Waals surface area contributed by atoms with Gasteiger partial charge in [0, 0.05) is 19.2 Å². The van der Waals surface area contributed by atoms with Gasteiger partial charge in [0.25, 0.3) is 0 Å². The summed E-state index contributed by atoms with van der Waals surface area (Å²) >= 11 is 0. The monoisotopic (exact) mass is 376 g/mol. The molecule has 2 rings (SSSR count). The van der Waals surface area contributed by atoms with Crippen molar-refractivity contribution in [1.29, 1.82) is 0 Å². The maximum absolute atomic E-state index is 13.9. The highest BCUT2D eigenvalue weighted by atomic mass is 19.1. The number of benzene rings is 2. The van der Waals surface area contributed by atoms with E-state index in [-0.39, 0.29) is 12.5 Å². The molecular formula is C20H25FN2O4. The van der Waals surface area contributed by atoms with Crippen molar-refractivity contribution in [1.82, 2.24) is 10.6 Å². The van der Waals surface area contributed by atoms with Crippen LogP contribution in [0.25, 0.3) is 0 Å². The lowest BCUT2D eigenvalue weighted by Crippen LogP contribution is -2.37. The van der Waals surface area contributed by atoms with E-state index in [9.17, 15) is 9.18 Å². The number of halogens is 1. The van der Waals surface area contributed by atoms with Gasteiger partial charge in [-0.1, -0.05) is 12.1 Å². The van der Waals surface area contributed by atoms with Crippen LogP contribution in [0.1, 0.15) is 17.2 Å². The highest BCUT2D eigenvalue weighted by molar-refractivity contribution is 5.79. The molecule has 0 fully saturated rings. The number of ether oxygens (including phenoxy) is 3. The summed E-state index contributed by atoms with van der Waals surface area (Å²) in [5.74, 6) is 0.480. The summed E-state index contributed by atoms with van der Waals surface area (Å²) in [5, 5.41) is 5.93. The van der Waals surface area contributed by atoms with Crippen LogP contribution in [0, 0.1) is 5.82 Å². The smallest absolute Gasteiger partial charge is 0.234 e. The maximum atomic E-state index is 13.9. The van der Waals surface area contributed by atoms with Gasteiger partial charge in [-0.25, -0.2) is 4.39 Å². The number of hydrogen-bond donors (Lipinski definition) is 2. The van der Waals surface area contributed by atoms with E-state index in [0.29, 0.717) is 30.2 Å². The fraction of sp³-hybridized carbons (Fsp3) is 0.350. The maximum Gasteiger partial charge on any atom is 0.234 e. The molecule has 0 aliphatic carbocycles. The van der Waals surface area contributed by atoms with Crippen LogP contribution in [0.2, 0.25) is 0 Å². The molecule has 146 valence electrons. The number of methoxy groups -OCH3 is 3. The Morgan fingerprint density at radius 1 is 1.11 bits per heavy atom. The summed E-state index contributed by atoms with van der Waals surface area (Å²) in [5.41, 5.74) is 1.28. The second-order valence-electron chi connectivity index (χ2n) is 5.83. The van der Waals surface area contributed by atoms with Crippen molar-refractivity contribution in [2.45, 2.75) is 6.04 Å². The standard InChI is InChI=1S/C20H25FN2O4/c1-25-10-9-22-13-19(24)23-20(14-5-4-6-16(11-14)26-2)17-12-15(21)7-8-18(17)27-3/h4-8,11-12,20,22H,9-10,13H2,1-3H3,(H,23,24). The molecule has 0 aliphatic heterocycles. The Labute approximate surface area is 158 Å². The van der Waals surface area contributed by atoms with Crippen LogP contribution in [0.4, 0.5) is 4.39 Å². The summed E-state index contributed by atoms with van der Waals surface area (Å²) < 4.78 is 29.5. The van der Waals surface area contributed by atoms with E-state index in [1.54, 1.807) is 32.4 Å². The van der Waals surface area contributed by atoms with E-state index in [1.807, 2.05) is 12.1 Å². The predicted octanol–water partition coefficient (Wildman–Crippen LogP) is 2.28. The van der Waals surface area contributed by atoms with Crippen LogP contribution in [0.3, 0.4) is 0 Å². The fourth-order valence-electron chi connectivity index (χ4n) is 2.68. The first kappa shape index (κ1) is 20.7. The first-order valence-electron chi connectivity index (χ1n) is 8.55. The average Bonchev–Trinajstić information content (AvgIpc) is 2.69. The van der Waals surface area contributed by atoms with E-state index in [2.05, 4.69) is 10.6 Å². The molecular weight excluding hydrogens is 351 g/mol. The van der Waals surface area contributed by atoms with E-state index >= 15 is 0 Å². The molecule has 1 atom stereocenters. The van der Waals surface area contributed by atoms with Crippen LogP contribution in [0.5, 0.6) is 11.5 Å². The van der Waals surface area contributed by atoms with Crippen molar-refractivity contribution < 1.29 is 23.4 Å². The topological polar surface area (TPSA) is 68.8 Å². The van der Waals surface area contributed by atoms with Crippen LogP contribution in [0.15, 0.2) is 42.5 Å². The van der Waals surface area contributed by atoms with Crippen molar-refractivity contribution >= 4 is 5.91 Å². The molecule has 0 aliphatic rings. The lowest BCUT2D eigenvalue weighted by atomic mass is 9.97. The third kappa shape index (κ3) is 5.94. The van der Waals surface area contributed by atoms with E-state index in [0.717, 1.165) is 5.56 Å². The third-order valence-electron chi connectivity index (χ3n) is 4.00. The molecule has 6 nitrogen and oxygen atoms in total. The number of amides is 1. The van der Waals surface area contributed by atoms with Gasteiger partial charge in [-0.05, 0) is 35.9 Å². The Morgan fingerprint density at radius 3 is 2.63 bits per heavy atom. The van der Waals surface area contributed by atoms with Crippen molar-refractivity contribution in [2.75, 3.05) is 41.0 Å². The fourth-order valence-corrected chi connectivity index (χ4v) is 2.68. The zero-order valence-corrected chi connectivity index (χ0v) is 15.8. The van der Waals surface area contributed by atoms with Gasteiger partial charge >= 0.3 is 0 Å². The van der Waals surface area contributed by atoms with Gasteiger partial charge in [-0.3, -0.25) is 4.79 Å². The molecule has 0 bridgehead atoms. The molecule has 0 heterocycles. The summed E-state index contributed by atoms with van der Waals surface area (Å²) in [4.78, 5) is 12.4. The second kappa shape index (κ2) is 10.5. The molecule has 1 unspecified atom stereocenters. The van der Waals surface area contributed by atoms with Crippen LogP contribution in [-0.2, 0) is 9.53 Å². The van der Waals surface area contributed by atoms with Gasteiger partial charge in [0.2, 0.25) is 5.91 Å². The van der Waals surface area contributed by atoms with Gasteiger partial charge in [0.05, 0.1) is 33.4 Å². The highest BCUT2D eigenvalue weighted by Gasteiger charge is 2.21. The third-order valence-corrected chi connectivity index (χ3v) is 4.00. The van der Waals surface area contributed by atoms with Crippen molar-refractivity contribution in [3.8, 4) is 11.5 Å². The molecule has 0 saturated heterocycles. The number of hydrogen-bond acceptors (Lipinski definition) is 5. The summed E-state index contributed by atoms with van der Waals surface area (Å²) in [6, 6.07) is 10.9. The number of carbonyl (C=O) groups excluding carboxylic acids is 1. The minimum Gasteiger partial charge on any atom is -0.497 e. The number of carbonyl (C=O) groups is 1. The Bertz CT molecular complexity index is 755. The molecule has 2 aromatic carbocycles. The van der Waals surface area contributed by atoms with Gasteiger partial charge in [-0.2, -0.15) is 0 Å². The summed E-state index contributed by atoms with van der Waals surface area (Å²) in [6.07, 6.45) is 0. The molecule has 0 spiro atoms. The lowest BCUT2D eigenvalue weighted by Gasteiger charge is -2.22. The minimum absolute atomic E-state index is 0.113. The normalized spacial score (nSPS) is 11.7. The zero-order valence-electron chi connectivity index (χ0n) is 15.8. The molecule has 27 heavy (non-hydrogen) atoms. The zero-order chi connectivity index (χ0) is 19.6. The number of rotatable bonds is 10. The summed E-state index contributed by atoms with van der Waals surface area (Å²) in [7, 11) is 4.67. The van der Waals surface area contributed by atoms with Crippen molar-refractivity contribution in [3.05, 3.63) is 59.4 Å². The Hall–Kier alpha value is -2.64. The van der Waals surface area contributed by atoms with Crippen LogP contribution < -0.4 is 20.1 Å². The van der Waals surface area contributed by atoms with Gasteiger partial charge in [0.1, 0.15) is 17.3 Å². The van der Waals surface area contributed by atoms with Crippen molar-refractivity contribution in [3.63, 3.8) is 0 Å². The minimum atomic E-state index is -0.595. The first-order valence-corrected chi connectivity index (χ1v) is 8.55. The molecule has 0 radical (unpaired) electrons. The summed E-state index contributed by atoms with van der Waals surface area (Å²) in [6.45, 7) is 1.17. The largest absolute Gasteiger partial charge is 0.497 e. The van der Waals surface area contributed by atoms with Gasteiger partial charge < -0.3 is 24.8 Å². The Morgan fingerprint density at radius 2 is 1.93 bits per heavy atom. The van der Waals surface area contributed by atoms with Gasteiger partial charge in [0.15, 0.2) is 0 Å². The Kier molecular flexibility index (Phi) is 8.03. The first-order chi connectivity index (χ1) is 13.1. The lowest BCUT2D eigenvalue weighted by molar-refractivity contribution is -0.120. The quantitative estimate of drug-likeness (QED) is 0.623. The number of nitrogens with one attached hydrogen (secondary N) is 2. The predicted molar refractivity (Wildman–Crippen MR) is 101 cm³/mol. The molecule has 0 saturated carbocycles. The highest BCUT2D eigenvalue weighted by Crippen LogP contribution is 2.32. The molecule has 7 heteroatoms. The van der Waals surface area contributed by atoms with Crippen LogP contribution >= 0.6 is 0 Å². The second-order valence-corrected chi connectivity index (χ2v) is 5.83. The van der Waals surface area contributed by atoms with E-state index in [4.69, 9.17) is 14.2 Å². The molecule has 1 amide bonds. The molecule has 2 N–H and O–H groups in total. The van der Waals surface area contributed by atoms with Crippen LogP contribution in [-0.4, -0.2) is 46.9 Å². The molecule has 0 aromatic heterocycles. The SMILES string of the molecule is COCCNCC(=O)NC(c1cccc(OC)c1)c1cc(F)ccc1OC. The van der Waals surface area contributed by atoms with E-state index < -0.39 is 11.9 Å². The Balaban J connectivity index is 2.31.